The molecule has 3 heteroatoms. The average molecular weight is 374 g/mol. The summed E-state index contributed by atoms with van der Waals surface area (Å²) in [5, 5.41) is 10.5. The summed E-state index contributed by atoms with van der Waals surface area (Å²) in [6.45, 7) is 12.3. The fraction of sp³-hybridized carbons (Fsp3) is 0.944. The van der Waals surface area contributed by atoms with Crippen molar-refractivity contribution < 1.29 is 45.3 Å². The number of aliphatic hydroxyl groups is 1. The first-order valence-electron chi connectivity index (χ1n) is 9.40. The number of hydrogen-bond acceptors (Lipinski definition) is 2. The quantitative estimate of drug-likeness (QED) is 0.759. The van der Waals surface area contributed by atoms with Crippen LogP contribution in [-0.4, -0.2) is 23.4 Å². The van der Waals surface area contributed by atoms with Crippen LogP contribution in [0.15, 0.2) is 0 Å². The number of ether oxygens (including phenoxy) is 1. The van der Waals surface area contributed by atoms with Crippen LogP contribution in [0.4, 0.5) is 0 Å². The van der Waals surface area contributed by atoms with Gasteiger partial charge in [0.2, 0.25) is 0 Å². The van der Waals surface area contributed by atoms with E-state index >= 15 is 0 Å². The standard InChI is InChI=1S/C18H33O2.Y/c1-10-7-11(2)16(17(19)8-10)9-18-14(5)12(3)13(4)15(6)20-18;/h10-19H,6-9H2,1-5H3;/q-1;/t10?,11?,12-,13-,14-,15?,16+,17?,18+;/m1./s1/i6T,8T;/t8?,10?,11?,12-,13-,14-,15?,16+,17?,18+;. The molecule has 2 aliphatic rings. The molecular formula is C18H33O2Y-. The molecule has 21 heavy (non-hydrogen) atoms. The molecule has 2 nitrogen and oxygen atoms in total. The third-order valence-corrected chi connectivity index (χ3v) is 6.04. The SMILES string of the molecule is [3H][CH-]C1O[C@@H](C[C@H]2C(C)CC(C)C([3H])C2O)[C@H](C)[C@H](C)[C@H]1C.[Y]. The summed E-state index contributed by atoms with van der Waals surface area (Å²) in [4.78, 5) is 0. The molecule has 1 radical (unpaired) electrons. The minimum absolute atomic E-state index is 0. The molecule has 0 aromatic rings. The van der Waals surface area contributed by atoms with Gasteiger partial charge in [0.05, 0.1) is 12.2 Å². The van der Waals surface area contributed by atoms with Crippen molar-refractivity contribution in [1.82, 2.24) is 0 Å². The van der Waals surface area contributed by atoms with Crippen LogP contribution in [0.3, 0.4) is 0 Å². The van der Waals surface area contributed by atoms with E-state index in [9.17, 15) is 5.11 Å². The zero-order valence-corrected chi connectivity index (χ0v) is 17.0. The van der Waals surface area contributed by atoms with Crippen molar-refractivity contribution in [2.24, 2.45) is 35.5 Å². The second-order valence-corrected chi connectivity index (χ2v) is 7.49. The molecule has 0 amide bonds. The van der Waals surface area contributed by atoms with Gasteiger partial charge in [0.1, 0.15) is 0 Å². The van der Waals surface area contributed by atoms with E-state index in [1.807, 2.05) is 0 Å². The Balaban J connectivity index is 0.00000264. The molecule has 10 atom stereocenters. The Labute approximate surface area is 159 Å². The molecule has 1 saturated carbocycles. The normalized spacial score (nSPS) is 56.1. The van der Waals surface area contributed by atoms with E-state index < -0.39 is 6.10 Å². The maximum Gasteiger partial charge on any atom is 0.0575 e. The molecule has 2 rings (SSSR count). The van der Waals surface area contributed by atoms with Crippen LogP contribution in [0.2, 0.25) is 0 Å². The fourth-order valence-corrected chi connectivity index (χ4v) is 4.13. The summed E-state index contributed by atoms with van der Waals surface area (Å²) in [6, 6.07) is 0. The van der Waals surface area contributed by atoms with Gasteiger partial charge in [-0.2, -0.15) is 0 Å². The second kappa shape index (κ2) is 8.22. The smallest absolute Gasteiger partial charge is 0.0575 e. The van der Waals surface area contributed by atoms with Crippen molar-refractivity contribution >= 4 is 0 Å². The maximum absolute atomic E-state index is 10.5. The van der Waals surface area contributed by atoms with E-state index in [1.165, 1.54) is 6.90 Å². The van der Waals surface area contributed by atoms with E-state index in [0.29, 0.717) is 23.7 Å². The fourth-order valence-electron chi connectivity index (χ4n) is 4.13. The number of hydrogen-bond donors (Lipinski definition) is 1. The molecule has 1 aliphatic carbocycles. The largest absolute Gasteiger partial charge is 0.406 e. The van der Waals surface area contributed by atoms with Gasteiger partial charge in [0.15, 0.2) is 0 Å². The summed E-state index contributed by atoms with van der Waals surface area (Å²) in [5.41, 5.74) is 0. The molecule has 2 fully saturated rings. The van der Waals surface area contributed by atoms with Crippen LogP contribution in [0.1, 0.15) is 56.6 Å². The maximum atomic E-state index is 10.5. The molecule has 5 unspecified atom stereocenters. The van der Waals surface area contributed by atoms with Crippen molar-refractivity contribution in [2.75, 3.05) is 0 Å². The summed E-state index contributed by atoms with van der Waals surface area (Å²) in [7, 11) is 0. The molecule has 0 spiro atoms. The molecule has 121 valence electrons. The van der Waals surface area contributed by atoms with Crippen molar-refractivity contribution in [1.29, 1.82) is 0 Å². The van der Waals surface area contributed by atoms with E-state index in [0.717, 1.165) is 12.8 Å². The molecule has 1 aliphatic heterocycles. The minimum atomic E-state index is -0.553. The average Bonchev–Trinajstić information content (AvgIpc) is 2.49. The molecule has 1 saturated heterocycles. The minimum Gasteiger partial charge on any atom is -0.406 e. The van der Waals surface area contributed by atoms with Crippen LogP contribution in [0.25, 0.3) is 0 Å². The molecule has 0 aromatic carbocycles. The van der Waals surface area contributed by atoms with Crippen LogP contribution in [0, 0.1) is 42.4 Å². The van der Waals surface area contributed by atoms with Crippen LogP contribution >= 0.6 is 0 Å². The predicted octanol–water partition coefficient (Wildman–Crippen LogP) is 3.93. The second-order valence-electron chi connectivity index (χ2n) is 7.49. The summed E-state index contributed by atoms with van der Waals surface area (Å²) in [5.74, 6) is 2.12. The number of rotatable bonds is 3. The molecule has 0 bridgehead atoms. The third-order valence-electron chi connectivity index (χ3n) is 6.04. The monoisotopic (exact) mass is 374 g/mol. The van der Waals surface area contributed by atoms with E-state index in [1.54, 1.807) is 0 Å². The van der Waals surface area contributed by atoms with Crippen LogP contribution in [-0.2, 0) is 37.4 Å². The van der Waals surface area contributed by atoms with Gasteiger partial charge in [-0.1, -0.05) is 40.7 Å². The first kappa shape index (κ1) is 16.9. The molecule has 1 heterocycles. The summed E-state index contributed by atoms with van der Waals surface area (Å²) >= 11 is 0. The van der Waals surface area contributed by atoms with Gasteiger partial charge in [0.25, 0.3) is 0 Å². The topological polar surface area (TPSA) is 29.5 Å². The molecular weight excluding hydrogens is 337 g/mol. The van der Waals surface area contributed by atoms with Crippen molar-refractivity contribution in [3.63, 3.8) is 0 Å². The van der Waals surface area contributed by atoms with E-state index in [2.05, 4.69) is 34.6 Å². The Hall–Kier alpha value is 1.02. The van der Waals surface area contributed by atoms with Gasteiger partial charge in [-0.15, -0.1) is 0 Å². The zero-order valence-electron chi connectivity index (χ0n) is 16.2. The Morgan fingerprint density at radius 2 is 1.86 bits per heavy atom. The molecule has 1 N–H and O–H groups in total. The van der Waals surface area contributed by atoms with Gasteiger partial charge in [-0.25, -0.2) is 1.37 Å². The molecule has 0 aromatic heterocycles. The van der Waals surface area contributed by atoms with Crippen LogP contribution in [0.5, 0.6) is 0 Å². The Morgan fingerprint density at radius 1 is 1.19 bits per heavy atom. The van der Waals surface area contributed by atoms with Crippen molar-refractivity contribution in [3.8, 4) is 0 Å². The van der Waals surface area contributed by atoms with Gasteiger partial charge < -0.3 is 16.7 Å². The van der Waals surface area contributed by atoms with E-state index in [4.69, 9.17) is 7.48 Å². The number of aliphatic hydroxyl groups excluding tert-OH is 1. The Kier molecular flexibility index (Phi) is 6.60. The third kappa shape index (κ3) is 4.52. The van der Waals surface area contributed by atoms with Gasteiger partial charge >= 0.3 is 0 Å². The Morgan fingerprint density at radius 3 is 2.48 bits per heavy atom. The van der Waals surface area contributed by atoms with Crippen molar-refractivity contribution in [3.05, 3.63) is 6.90 Å². The zero-order chi connectivity index (χ0) is 16.6. The first-order valence-corrected chi connectivity index (χ1v) is 8.25. The van der Waals surface area contributed by atoms with Gasteiger partial charge in [0, 0.05) is 34.1 Å². The first-order chi connectivity index (χ1) is 10.3. The van der Waals surface area contributed by atoms with E-state index in [-0.39, 0.29) is 63.1 Å². The summed E-state index contributed by atoms with van der Waals surface area (Å²) < 4.78 is 22.0. The van der Waals surface area contributed by atoms with Gasteiger partial charge in [-0.3, -0.25) is 0 Å². The van der Waals surface area contributed by atoms with Crippen molar-refractivity contribution in [2.45, 2.75) is 72.2 Å². The Bertz CT molecular complexity index is 369. The van der Waals surface area contributed by atoms with Crippen LogP contribution < -0.4 is 0 Å². The summed E-state index contributed by atoms with van der Waals surface area (Å²) in [6.07, 6.45) is 0.861. The van der Waals surface area contributed by atoms with Gasteiger partial charge in [-0.05, 0) is 54.7 Å². The predicted molar refractivity (Wildman–Crippen MR) is 83.2 cm³/mol.